The fourth-order valence-electron chi connectivity index (χ4n) is 2.40. The lowest BCUT2D eigenvalue weighted by atomic mass is 10.2. The summed E-state index contributed by atoms with van der Waals surface area (Å²) in [5, 5.41) is 8.87. The molecule has 2 aromatic carbocycles. The van der Waals surface area contributed by atoms with Gasteiger partial charge in [-0.2, -0.15) is 0 Å². The minimum absolute atomic E-state index is 0.0274. The summed E-state index contributed by atoms with van der Waals surface area (Å²) in [6.45, 7) is -0.0274. The van der Waals surface area contributed by atoms with Crippen molar-refractivity contribution in [1.82, 2.24) is 15.2 Å². The Hall–Kier alpha value is -2.71. The number of para-hydroxylation sites is 1. The Morgan fingerprint density at radius 2 is 1.89 bits per heavy atom. The van der Waals surface area contributed by atoms with Crippen molar-refractivity contribution < 1.29 is 13.9 Å². The lowest BCUT2D eigenvalue weighted by Gasteiger charge is -2.01. The van der Waals surface area contributed by atoms with Gasteiger partial charge in [-0.05, 0) is 24.3 Å². The molecule has 0 aliphatic rings. The third kappa shape index (κ3) is 4.53. The van der Waals surface area contributed by atoms with Gasteiger partial charge in [0.15, 0.2) is 6.61 Å². The third-order valence-electron chi connectivity index (χ3n) is 3.63. The summed E-state index contributed by atoms with van der Waals surface area (Å²) in [6.07, 6.45) is 0. The van der Waals surface area contributed by atoms with Crippen LogP contribution in [0.1, 0.15) is 10.9 Å². The molecule has 0 bridgehead atoms. The highest BCUT2D eigenvalue weighted by atomic mass is 32.2. The molecule has 27 heavy (non-hydrogen) atoms. The number of hydrogen-bond donors (Lipinski definition) is 0. The number of fused-ring (bicyclic) bond motifs is 1. The molecule has 136 valence electrons. The maximum Gasteiger partial charge on any atom is 0.316 e. The van der Waals surface area contributed by atoms with Gasteiger partial charge in [0.1, 0.15) is 5.01 Å². The van der Waals surface area contributed by atoms with Gasteiger partial charge in [-0.15, -0.1) is 33.3 Å². The molecule has 0 fully saturated rings. The Labute approximate surface area is 163 Å². The molecule has 2 heterocycles. The van der Waals surface area contributed by atoms with Crippen molar-refractivity contribution in [2.45, 2.75) is 12.4 Å². The number of rotatable bonds is 7. The lowest BCUT2D eigenvalue weighted by Crippen LogP contribution is -2.07. The molecule has 0 aliphatic carbocycles. The average Bonchev–Trinajstić information content (AvgIpc) is 3.34. The summed E-state index contributed by atoms with van der Waals surface area (Å²) in [7, 11) is 0. The third-order valence-corrected chi connectivity index (χ3v) is 5.76. The van der Waals surface area contributed by atoms with Crippen LogP contribution in [-0.2, 0) is 21.9 Å². The summed E-state index contributed by atoms with van der Waals surface area (Å²) in [5.74, 6) is 1.29. The summed E-state index contributed by atoms with van der Waals surface area (Å²) in [4.78, 5) is 16.5. The Kier molecular flexibility index (Phi) is 5.45. The van der Waals surface area contributed by atoms with E-state index in [4.69, 9.17) is 9.15 Å². The minimum atomic E-state index is -0.319. The summed E-state index contributed by atoms with van der Waals surface area (Å²) in [6, 6.07) is 17.4. The number of carbonyl (C=O) groups excluding carboxylic acids is 1. The molecule has 4 rings (SSSR count). The van der Waals surface area contributed by atoms with Gasteiger partial charge in [0.2, 0.25) is 5.89 Å². The molecule has 0 aliphatic heterocycles. The first-order valence-corrected chi connectivity index (χ1v) is 10.2. The first kappa shape index (κ1) is 17.7. The van der Waals surface area contributed by atoms with Crippen molar-refractivity contribution in [2.75, 3.05) is 5.75 Å². The van der Waals surface area contributed by atoms with E-state index in [1.54, 1.807) is 11.3 Å². The van der Waals surface area contributed by atoms with E-state index in [1.807, 2.05) is 54.6 Å². The number of aromatic nitrogens is 3. The number of thioether (sulfide) groups is 1. The molecule has 0 radical (unpaired) electrons. The van der Waals surface area contributed by atoms with Crippen LogP contribution >= 0.6 is 23.1 Å². The summed E-state index contributed by atoms with van der Waals surface area (Å²) in [5.41, 5.74) is 1.82. The largest absolute Gasteiger partial charge is 0.455 e. The number of esters is 1. The maximum atomic E-state index is 11.9. The molecule has 0 atom stereocenters. The number of ether oxygens (including phenoxy) is 1. The number of nitrogens with zero attached hydrogens (tertiary/aromatic N) is 3. The van der Waals surface area contributed by atoms with Crippen molar-refractivity contribution >= 4 is 39.3 Å². The second kappa shape index (κ2) is 8.32. The lowest BCUT2D eigenvalue weighted by molar-refractivity contribution is -0.142. The second-order valence-electron chi connectivity index (χ2n) is 5.60. The Balaban J connectivity index is 1.23. The predicted molar refractivity (Wildman–Crippen MR) is 105 cm³/mol. The Morgan fingerprint density at radius 3 is 2.74 bits per heavy atom. The molecule has 0 unspecified atom stereocenters. The average molecular weight is 397 g/mol. The normalized spacial score (nSPS) is 11.0. The van der Waals surface area contributed by atoms with E-state index in [9.17, 15) is 4.79 Å². The van der Waals surface area contributed by atoms with Crippen LogP contribution in [0.15, 0.2) is 59.0 Å². The molecule has 0 saturated heterocycles. The Bertz CT molecular complexity index is 1010. The number of carbonyl (C=O) groups is 1. The zero-order valence-corrected chi connectivity index (χ0v) is 15.8. The van der Waals surface area contributed by atoms with Crippen LogP contribution < -0.4 is 0 Å². The smallest absolute Gasteiger partial charge is 0.316 e. The monoisotopic (exact) mass is 397 g/mol. The quantitative estimate of drug-likeness (QED) is 0.430. The van der Waals surface area contributed by atoms with Gasteiger partial charge in [-0.1, -0.05) is 30.3 Å². The van der Waals surface area contributed by atoms with Gasteiger partial charge in [0.25, 0.3) is 5.89 Å². The standard InChI is InChI=1S/C19H15N3O3S2/c23-18(12-26-11-17-20-14-8-4-5-9-15(14)27-17)24-10-16-21-22-19(25-16)13-6-2-1-3-7-13/h1-9H,10-12H2. The summed E-state index contributed by atoms with van der Waals surface area (Å²) < 4.78 is 11.9. The van der Waals surface area contributed by atoms with E-state index in [0.717, 1.165) is 20.8 Å². The molecule has 2 aromatic heterocycles. The fourth-order valence-corrected chi connectivity index (χ4v) is 4.24. The predicted octanol–water partition coefficient (Wildman–Crippen LogP) is 4.32. The first-order valence-electron chi connectivity index (χ1n) is 8.23. The van der Waals surface area contributed by atoms with Gasteiger partial charge in [-0.3, -0.25) is 4.79 Å². The van der Waals surface area contributed by atoms with E-state index in [-0.39, 0.29) is 24.2 Å². The minimum Gasteiger partial charge on any atom is -0.455 e. The molecule has 8 heteroatoms. The highest BCUT2D eigenvalue weighted by Gasteiger charge is 2.11. The van der Waals surface area contributed by atoms with Crippen molar-refractivity contribution in [2.24, 2.45) is 0 Å². The Morgan fingerprint density at radius 1 is 1.07 bits per heavy atom. The van der Waals surface area contributed by atoms with Crippen molar-refractivity contribution in [3.05, 3.63) is 65.5 Å². The first-order chi connectivity index (χ1) is 13.3. The topological polar surface area (TPSA) is 78.1 Å². The van der Waals surface area contributed by atoms with Gasteiger partial charge >= 0.3 is 5.97 Å². The van der Waals surface area contributed by atoms with E-state index in [2.05, 4.69) is 15.2 Å². The fraction of sp³-hybridized carbons (Fsp3) is 0.158. The highest BCUT2D eigenvalue weighted by molar-refractivity contribution is 7.99. The van der Waals surface area contributed by atoms with E-state index in [0.29, 0.717) is 11.6 Å². The van der Waals surface area contributed by atoms with Crippen LogP contribution in [0, 0.1) is 0 Å². The van der Waals surface area contributed by atoms with Crippen LogP contribution in [0.5, 0.6) is 0 Å². The van der Waals surface area contributed by atoms with Crippen LogP contribution in [0.3, 0.4) is 0 Å². The SMILES string of the molecule is O=C(CSCc1nc2ccccc2s1)OCc1nnc(-c2ccccc2)o1. The van der Waals surface area contributed by atoms with Gasteiger partial charge < -0.3 is 9.15 Å². The molecular weight excluding hydrogens is 382 g/mol. The molecule has 6 nitrogen and oxygen atoms in total. The zero-order chi connectivity index (χ0) is 18.5. The number of thiazole rings is 1. The van der Waals surface area contributed by atoms with Gasteiger partial charge in [0.05, 0.1) is 16.0 Å². The van der Waals surface area contributed by atoms with Crippen molar-refractivity contribution in [3.63, 3.8) is 0 Å². The van der Waals surface area contributed by atoms with E-state index >= 15 is 0 Å². The molecular formula is C19H15N3O3S2. The number of hydrogen-bond acceptors (Lipinski definition) is 8. The highest BCUT2D eigenvalue weighted by Crippen LogP contribution is 2.24. The van der Waals surface area contributed by atoms with Crippen LogP contribution in [-0.4, -0.2) is 26.9 Å². The summed E-state index contributed by atoms with van der Waals surface area (Å²) >= 11 is 3.12. The molecule has 0 saturated carbocycles. The molecule has 0 spiro atoms. The van der Waals surface area contributed by atoms with Crippen LogP contribution in [0.25, 0.3) is 21.7 Å². The van der Waals surface area contributed by atoms with E-state index < -0.39 is 0 Å². The molecule has 4 aromatic rings. The van der Waals surface area contributed by atoms with Crippen LogP contribution in [0.2, 0.25) is 0 Å². The van der Waals surface area contributed by atoms with Crippen LogP contribution in [0.4, 0.5) is 0 Å². The van der Waals surface area contributed by atoms with Crippen molar-refractivity contribution in [1.29, 1.82) is 0 Å². The maximum absolute atomic E-state index is 11.9. The van der Waals surface area contributed by atoms with Crippen molar-refractivity contribution in [3.8, 4) is 11.5 Å². The number of benzene rings is 2. The zero-order valence-electron chi connectivity index (χ0n) is 14.2. The van der Waals surface area contributed by atoms with Gasteiger partial charge in [0, 0.05) is 11.3 Å². The van der Waals surface area contributed by atoms with Gasteiger partial charge in [-0.25, -0.2) is 4.98 Å². The molecule has 0 amide bonds. The molecule has 0 N–H and O–H groups in total. The second-order valence-corrected chi connectivity index (χ2v) is 7.70. The van der Waals surface area contributed by atoms with E-state index in [1.165, 1.54) is 11.8 Å².